The summed E-state index contributed by atoms with van der Waals surface area (Å²) < 4.78 is 38.4. The number of hydrogen-bond acceptors (Lipinski definition) is 1. The lowest BCUT2D eigenvalue weighted by atomic mass is 9.48. The fourth-order valence-corrected chi connectivity index (χ4v) is 3.45. The highest BCUT2D eigenvalue weighted by molar-refractivity contribution is 5.83. The minimum atomic E-state index is -4.45. The molecule has 2 nitrogen and oxygen atoms in total. The number of alkyl halides is 3. The normalized spacial score (nSPS) is 19.9. The average Bonchev–Trinajstić information content (AvgIpc) is 2.38. The van der Waals surface area contributed by atoms with Crippen LogP contribution in [0.1, 0.15) is 50.7 Å². The van der Waals surface area contributed by atoms with Crippen LogP contribution >= 0.6 is 0 Å². The van der Waals surface area contributed by atoms with Crippen molar-refractivity contribution in [3.05, 3.63) is 35.4 Å². The standard InChI is InChI=1S/C16H19F3O2/c1-3-14(4-2)9-15(10-14,13(20)21)11-6-5-7-12(8-11)16(17,18)19/h5-8H,3-4,9-10H2,1-2H3,(H,20,21). The highest BCUT2D eigenvalue weighted by Crippen LogP contribution is 2.59. The summed E-state index contributed by atoms with van der Waals surface area (Å²) in [7, 11) is 0. The molecule has 5 heteroatoms. The summed E-state index contributed by atoms with van der Waals surface area (Å²) >= 11 is 0. The molecule has 2 rings (SSSR count). The van der Waals surface area contributed by atoms with Crippen molar-refractivity contribution >= 4 is 5.97 Å². The van der Waals surface area contributed by atoms with Gasteiger partial charge >= 0.3 is 12.1 Å². The van der Waals surface area contributed by atoms with Gasteiger partial charge in [0.15, 0.2) is 0 Å². The highest BCUT2D eigenvalue weighted by atomic mass is 19.4. The van der Waals surface area contributed by atoms with E-state index in [4.69, 9.17) is 0 Å². The van der Waals surface area contributed by atoms with Crippen molar-refractivity contribution in [1.82, 2.24) is 0 Å². The molecule has 1 fully saturated rings. The number of halogens is 3. The summed E-state index contributed by atoms with van der Waals surface area (Å²) in [5.41, 5.74) is -1.76. The van der Waals surface area contributed by atoms with Gasteiger partial charge in [0.1, 0.15) is 0 Å². The molecule has 0 saturated heterocycles. The Labute approximate surface area is 122 Å². The zero-order valence-corrected chi connectivity index (χ0v) is 12.1. The molecule has 0 radical (unpaired) electrons. The maximum atomic E-state index is 12.8. The number of aliphatic carboxylic acids is 1. The van der Waals surface area contributed by atoms with Crippen molar-refractivity contribution in [2.24, 2.45) is 5.41 Å². The maximum absolute atomic E-state index is 12.8. The van der Waals surface area contributed by atoms with Crippen LogP contribution in [0.2, 0.25) is 0 Å². The lowest BCUT2D eigenvalue weighted by Gasteiger charge is -2.54. The van der Waals surface area contributed by atoms with E-state index in [0.717, 1.165) is 25.0 Å². The Balaban J connectivity index is 2.41. The topological polar surface area (TPSA) is 37.3 Å². The zero-order valence-electron chi connectivity index (χ0n) is 12.1. The molecule has 1 aliphatic rings. The van der Waals surface area contributed by atoms with Crippen molar-refractivity contribution in [3.8, 4) is 0 Å². The lowest BCUT2D eigenvalue weighted by Crippen LogP contribution is -2.54. The molecule has 0 spiro atoms. The molecule has 0 aliphatic heterocycles. The Hall–Kier alpha value is -1.52. The fraction of sp³-hybridized carbons (Fsp3) is 0.562. The first-order chi connectivity index (χ1) is 9.69. The smallest absolute Gasteiger partial charge is 0.416 e. The van der Waals surface area contributed by atoms with Crippen LogP contribution in [0, 0.1) is 5.41 Å². The molecule has 1 aromatic rings. The largest absolute Gasteiger partial charge is 0.481 e. The van der Waals surface area contributed by atoms with Crippen LogP contribution in [0.5, 0.6) is 0 Å². The number of hydrogen-bond donors (Lipinski definition) is 1. The Morgan fingerprint density at radius 3 is 2.24 bits per heavy atom. The molecular formula is C16H19F3O2. The van der Waals surface area contributed by atoms with Gasteiger partial charge in [-0.2, -0.15) is 13.2 Å². The third kappa shape index (κ3) is 2.54. The molecular weight excluding hydrogens is 281 g/mol. The van der Waals surface area contributed by atoms with Gasteiger partial charge in [-0.25, -0.2) is 0 Å². The minimum Gasteiger partial charge on any atom is -0.481 e. The molecule has 21 heavy (non-hydrogen) atoms. The molecule has 0 unspecified atom stereocenters. The SMILES string of the molecule is CCC1(CC)CC(C(=O)O)(c2cccc(C(F)(F)F)c2)C1. The predicted molar refractivity (Wildman–Crippen MR) is 73.0 cm³/mol. The number of carboxylic acid groups (broad SMARTS) is 1. The van der Waals surface area contributed by atoms with Crippen molar-refractivity contribution in [3.63, 3.8) is 0 Å². The monoisotopic (exact) mass is 300 g/mol. The van der Waals surface area contributed by atoms with Crippen molar-refractivity contribution in [2.75, 3.05) is 0 Å². The van der Waals surface area contributed by atoms with E-state index in [1.807, 2.05) is 13.8 Å². The summed E-state index contributed by atoms with van der Waals surface area (Å²) in [6, 6.07) is 4.76. The first-order valence-corrected chi connectivity index (χ1v) is 7.10. The van der Waals surface area contributed by atoms with Crippen LogP contribution in [0.25, 0.3) is 0 Å². The number of carbonyl (C=O) groups is 1. The first-order valence-electron chi connectivity index (χ1n) is 7.10. The molecule has 0 heterocycles. The third-order valence-corrected chi connectivity index (χ3v) is 5.01. The molecule has 116 valence electrons. The van der Waals surface area contributed by atoms with Crippen LogP contribution in [-0.4, -0.2) is 11.1 Å². The Kier molecular flexibility index (Phi) is 3.80. The second-order valence-electron chi connectivity index (χ2n) is 6.03. The Bertz CT molecular complexity index is 537. The van der Waals surface area contributed by atoms with E-state index < -0.39 is 23.1 Å². The van der Waals surface area contributed by atoms with E-state index in [-0.39, 0.29) is 11.0 Å². The van der Waals surface area contributed by atoms with Gasteiger partial charge in [0.05, 0.1) is 11.0 Å². The van der Waals surface area contributed by atoms with Gasteiger partial charge in [-0.1, -0.05) is 44.9 Å². The molecule has 1 aliphatic carbocycles. The van der Waals surface area contributed by atoms with Gasteiger partial charge in [0.2, 0.25) is 0 Å². The summed E-state index contributed by atoms with van der Waals surface area (Å²) in [5.74, 6) is -1.03. The van der Waals surface area contributed by atoms with Crippen molar-refractivity contribution < 1.29 is 23.1 Å². The molecule has 0 atom stereocenters. The van der Waals surface area contributed by atoms with E-state index in [0.29, 0.717) is 12.8 Å². The summed E-state index contributed by atoms with van der Waals surface area (Å²) in [5, 5.41) is 9.57. The lowest BCUT2D eigenvalue weighted by molar-refractivity contribution is -0.155. The molecule has 0 amide bonds. The summed E-state index contributed by atoms with van der Waals surface area (Å²) in [6.07, 6.45) is -1.95. The van der Waals surface area contributed by atoms with Gasteiger partial charge < -0.3 is 5.11 Å². The van der Waals surface area contributed by atoms with E-state index in [2.05, 4.69) is 0 Å². The molecule has 0 bridgehead atoms. The van der Waals surface area contributed by atoms with Gasteiger partial charge in [0, 0.05) is 0 Å². The number of carboxylic acids is 1. The second-order valence-corrected chi connectivity index (χ2v) is 6.03. The van der Waals surface area contributed by atoms with Gasteiger partial charge in [0.25, 0.3) is 0 Å². The van der Waals surface area contributed by atoms with Gasteiger partial charge in [-0.15, -0.1) is 0 Å². The van der Waals surface area contributed by atoms with Crippen LogP contribution in [0.4, 0.5) is 13.2 Å². The van der Waals surface area contributed by atoms with E-state index in [1.54, 1.807) is 0 Å². The van der Waals surface area contributed by atoms with Crippen molar-refractivity contribution in [2.45, 2.75) is 51.1 Å². The zero-order chi connectivity index (χ0) is 15.9. The van der Waals surface area contributed by atoms with Crippen LogP contribution in [-0.2, 0) is 16.4 Å². The van der Waals surface area contributed by atoms with E-state index in [9.17, 15) is 23.1 Å². The molecule has 1 saturated carbocycles. The van der Waals surface area contributed by atoms with E-state index >= 15 is 0 Å². The summed E-state index contributed by atoms with van der Waals surface area (Å²) in [6.45, 7) is 4.00. The van der Waals surface area contributed by atoms with Crippen LogP contribution in [0.3, 0.4) is 0 Å². The average molecular weight is 300 g/mol. The Morgan fingerprint density at radius 2 is 1.81 bits per heavy atom. The molecule has 1 N–H and O–H groups in total. The second kappa shape index (κ2) is 5.04. The van der Waals surface area contributed by atoms with Gasteiger partial charge in [-0.3, -0.25) is 4.79 Å². The van der Waals surface area contributed by atoms with Crippen LogP contribution in [0.15, 0.2) is 24.3 Å². The maximum Gasteiger partial charge on any atom is 0.416 e. The predicted octanol–water partition coefficient (Wildman–Crippen LogP) is 4.63. The van der Waals surface area contributed by atoms with Crippen molar-refractivity contribution in [1.29, 1.82) is 0 Å². The molecule has 0 aromatic heterocycles. The third-order valence-electron chi connectivity index (χ3n) is 5.01. The number of benzene rings is 1. The van der Waals surface area contributed by atoms with Gasteiger partial charge in [-0.05, 0) is 29.9 Å². The first kappa shape index (κ1) is 15.9. The Morgan fingerprint density at radius 1 is 1.24 bits per heavy atom. The minimum absolute atomic E-state index is 0.0629. The van der Waals surface area contributed by atoms with Crippen LogP contribution < -0.4 is 0 Å². The summed E-state index contributed by atoms with van der Waals surface area (Å²) in [4.78, 5) is 11.7. The molecule has 1 aromatic carbocycles. The van der Waals surface area contributed by atoms with E-state index in [1.165, 1.54) is 12.1 Å². The quantitative estimate of drug-likeness (QED) is 0.880. The number of rotatable bonds is 4. The highest BCUT2D eigenvalue weighted by Gasteiger charge is 2.58. The fourth-order valence-electron chi connectivity index (χ4n) is 3.45.